The Labute approximate surface area is 163 Å². The van der Waals surface area contributed by atoms with Crippen molar-refractivity contribution in [3.8, 4) is 0 Å². The van der Waals surface area contributed by atoms with Gasteiger partial charge >= 0.3 is 5.97 Å². The number of hydrogen-bond donors (Lipinski definition) is 0. The Morgan fingerprint density at radius 1 is 0.857 bits per heavy atom. The van der Waals surface area contributed by atoms with Crippen molar-refractivity contribution >= 4 is 33.8 Å². The van der Waals surface area contributed by atoms with E-state index >= 15 is 0 Å². The number of ether oxygens (including phenoxy) is 1. The third kappa shape index (κ3) is 2.55. The van der Waals surface area contributed by atoms with E-state index in [1.807, 2.05) is 24.3 Å². The first kappa shape index (κ1) is 16.6. The molecule has 0 unspecified atom stereocenters. The summed E-state index contributed by atoms with van der Waals surface area (Å²) in [7, 11) is 1.41. The van der Waals surface area contributed by atoms with E-state index in [-0.39, 0.29) is 5.97 Å². The molecule has 0 aromatic heterocycles. The fraction of sp³-hybridized carbons (Fsp3) is 0.0800. The van der Waals surface area contributed by atoms with Gasteiger partial charge in [0.15, 0.2) is 0 Å². The Balaban J connectivity index is 1.75. The lowest BCUT2D eigenvalue weighted by atomic mass is 9.90. The molecule has 4 aromatic rings. The van der Waals surface area contributed by atoms with Crippen LogP contribution in [0.1, 0.15) is 21.5 Å². The molecule has 0 N–H and O–H groups in total. The average Bonchev–Trinajstić information content (AvgIpc) is 2.77. The van der Waals surface area contributed by atoms with Crippen molar-refractivity contribution in [3.63, 3.8) is 0 Å². The average molecular weight is 365 g/mol. The van der Waals surface area contributed by atoms with Crippen molar-refractivity contribution < 1.29 is 9.53 Å². The summed E-state index contributed by atoms with van der Waals surface area (Å²) in [6.07, 6.45) is 0.865. The summed E-state index contributed by atoms with van der Waals surface area (Å²) < 4.78 is 4.87. The van der Waals surface area contributed by atoms with E-state index in [0.29, 0.717) is 5.56 Å². The molecule has 0 atom stereocenters. The Kier molecular flexibility index (Phi) is 3.87. The first-order valence-electron chi connectivity index (χ1n) is 9.33. The number of esters is 1. The summed E-state index contributed by atoms with van der Waals surface area (Å²) in [6, 6.07) is 29.0. The van der Waals surface area contributed by atoms with E-state index in [9.17, 15) is 4.79 Å². The molecule has 28 heavy (non-hydrogen) atoms. The fourth-order valence-corrected chi connectivity index (χ4v) is 4.08. The minimum Gasteiger partial charge on any atom is -0.465 e. The number of rotatable bonds is 2. The Hall–Kier alpha value is -3.59. The van der Waals surface area contributed by atoms with E-state index in [4.69, 9.17) is 4.74 Å². The fourth-order valence-electron chi connectivity index (χ4n) is 4.08. The molecule has 1 aliphatic heterocycles. The highest BCUT2D eigenvalue weighted by atomic mass is 16.5. The first-order valence-corrected chi connectivity index (χ1v) is 9.33. The number of para-hydroxylation sites is 2. The Morgan fingerprint density at radius 3 is 2.46 bits per heavy atom. The van der Waals surface area contributed by atoms with Gasteiger partial charge in [0, 0.05) is 17.8 Å². The monoisotopic (exact) mass is 365 g/mol. The van der Waals surface area contributed by atoms with Gasteiger partial charge in [-0.3, -0.25) is 0 Å². The number of methoxy groups -OCH3 is 1. The Morgan fingerprint density at radius 2 is 1.64 bits per heavy atom. The predicted molar refractivity (Wildman–Crippen MR) is 113 cm³/mol. The van der Waals surface area contributed by atoms with Crippen LogP contribution in [-0.4, -0.2) is 13.1 Å². The molecule has 5 rings (SSSR count). The van der Waals surface area contributed by atoms with Crippen molar-refractivity contribution in [2.75, 3.05) is 12.0 Å². The molecular formula is C25H19NO2. The zero-order valence-electron chi connectivity index (χ0n) is 15.6. The maximum absolute atomic E-state index is 11.9. The van der Waals surface area contributed by atoms with Crippen LogP contribution in [0.15, 0.2) is 84.9 Å². The van der Waals surface area contributed by atoms with Gasteiger partial charge in [0.05, 0.1) is 18.4 Å². The predicted octanol–water partition coefficient (Wildman–Crippen LogP) is 6.00. The van der Waals surface area contributed by atoms with Crippen LogP contribution in [0.4, 0.5) is 17.1 Å². The lowest BCUT2D eigenvalue weighted by molar-refractivity contribution is 0.0601. The second-order valence-corrected chi connectivity index (χ2v) is 6.97. The SMILES string of the molecule is COC(=O)c1ccc2c3c(ccc2c1)N(c1ccccc1)c1ccccc1C3. The van der Waals surface area contributed by atoms with Gasteiger partial charge in [-0.1, -0.05) is 48.5 Å². The van der Waals surface area contributed by atoms with Gasteiger partial charge in [0.2, 0.25) is 0 Å². The standard InChI is InChI=1S/C25H19NO2/c1-28-25(27)19-11-13-21-17(15-19)12-14-24-22(21)16-18-7-5-6-10-23(18)26(24)20-8-3-2-4-9-20/h2-15H,16H2,1H3. The maximum atomic E-state index is 11.9. The Bertz CT molecular complexity index is 1200. The molecule has 3 nitrogen and oxygen atoms in total. The summed E-state index contributed by atoms with van der Waals surface area (Å²) >= 11 is 0. The molecule has 0 radical (unpaired) electrons. The molecule has 0 spiro atoms. The van der Waals surface area contributed by atoms with Crippen molar-refractivity contribution in [2.45, 2.75) is 6.42 Å². The van der Waals surface area contributed by atoms with Crippen LogP contribution in [0.25, 0.3) is 10.8 Å². The van der Waals surface area contributed by atoms with Crippen molar-refractivity contribution in [2.24, 2.45) is 0 Å². The van der Waals surface area contributed by atoms with E-state index in [2.05, 4.69) is 65.6 Å². The number of hydrogen-bond acceptors (Lipinski definition) is 3. The smallest absolute Gasteiger partial charge is 0.337 e. The third-order valence-electron chi connectivity index (χ3n) is 5.38. The van der Waals surface area contributed by atoms with E-state index in [1.54, 1.807) is 0 Å². The second-order valence-electron chi connectivity index (χ2n) is 6.97. The summed E-state index contributed by atoms with van der Waals surface area (Å²) in [5.74, 6) is -0.309. The van der Waals surface area contributed by atoms with Gasteiger partial charge in [-0.15, -0.1) is 0 Å². The third-order valence-corrected chi connectivity index (χ3v) is 5.38. The van der Waals surface area contributed by atoms with Crippen LogP contribution >= 0.6 is 0 Å². The molecule has 136 valence electrons. The van der Waals surface area contributed by atoms with Gasteiger partial charge in [0.25, 0.3) is 0 Å². The molecule has 4 aromatic carbocycles. The second kappa shape index (κ2) is 6.54. The van der Waals surface area contributed by atoms with Crippen LogP contribution < -0.4 is 4.90 Å². The number of carbonyl (C=O) groups excluding carboxylic acids is 1. The lowest BCUT2D eigenvalue weighted by Gasteiger charge is -2.34. The van der Waals surface area contributed by atoms with Gasteiger partial charge < -0.3 is 9.64 Å². The summed E-state index contributed by atoms with van der Waals surface area (Å²) in [5.41, 5.74) is 6.68. The highest BCUT2D eigenvalue weighted by molar-refractivity contribution is 6.00. The van der Waals surface area contributed by atoms with Crippen LogP contribution in [0.5, 0.6) is 0 Å². The van der Waals surface area contributed by atoms with Crippen LogP contribution in [0.3, 0.4) is 0 Å². The van der Waals surface area contributed by atoms with E-state index < -0.39 is 0 Å². The van der Waals surface area contributed by atoms with Crippen molar-refractivity contribution in [3.05, 3.63) is 102 Å². The minimum absolute atomic E-state index is 0.309. The lowest BCUT2D eigenvalue weighted by Crippen LogP contribution is -2.18. The number of benzene rings is 4. The van der Waals surface area contributed by atoms with Crippen LogP contribution in [-0.2, 0) is 11.2 Å². The van der Waals surface area contributed by atoms with Crippen LogP contribution in [0.2, 0.25) is 0 Å². The highest BCUT2D eigenvalue weighted by Crippen LogP contribution is 2.45. The molecule has 0 bridgehead atoms. The topological polar surface area (TPSA) is 29.5 Å². The number of fused-ring (bicyclic) bond motifs is 4. The summed E-state index contributed by atoms with van der Waals surface area (Å²) in [4.78, 5) is 14.2. The zero-order valence-corrected chi connectivity index (χ0v) is 15.6. The minimum atomic E-state index is -0.309. The zero-order chi connectivity index (χ0) is 19.1. The summed E-state index contributed by atoms with van der Waals surface area (Å²) in [5, 5.41) is 2.22. The molecule has 0 saturated carbocycles. The molecule has 3 heteroatoms. The molecule has 1 aliphatic rings. The van der Waals surface area contributed by atoms with Gasteiger partial charge in [0.1, 0.15) is 0 Å². The largest absolute Gasteiger partial charge is 0.465 e. The molecule has 0 amide bonds. The normalized spacial score (nSPS) is 12.4. The number of nitrogens with zero attached hydrogens (tertiary/aromatic N) is 1. The highest BCUT2D eigenvalue weighted by Gasteiger charge is 2.25. The van der Waals surface area contributed by atoms with Gasteiger partial charge in [-0.25, -0.2) is 4.79 Å². The quantitative estimate of drug-likeness (QED) is 0.359. The molecule has 1 heterocycles. The summed E-state index contributed by atoms with van der Waals surface area (Å²) in [6.45, 7) is 0. The first-order chi connectivity index (χ1) is 13.8. The van der Waals surface area contributed by atoms with E-state index in [1.165, 1.54) is 35.0 Å². The van der Waals surface area contributed by atoms with Crippen molar-refractivity contribution in [1.82, 2.24) is 0 Å². The molecule has 0 aliphatic carbocycles. The van der Waals surface area contributed by atoms with Gasteiger partial charge in [-0.05, 0) is 58.3 Å². The molecular weight excluding hydrogens is 346 g/mol. The number of carbonyl (C=O) groups is 1. The van der Waals surface area contributed by atoms with Crippen molar-refractivity contribution in [1.29, 1.82) is 0 Å². The van der Waals surface area contributed by atoms with Gasteiger partial charge in [-0.2, -0.15) is 0 Å². The molecule has 0 saturated heterocycles. The maximum Gasteiger partial charge on any atom is 0.337 e. The molecule has 0 fully saturated rings. The van der Waals surface area contributed by atoms with E-state index in [0.717, 1.165) is 17.5 Å². The number of anilines is 3. The van der Waals surface area contributed by atoms with Crippen LogP contribution in [0, 0.1) is 0 Å².